The number of rotatable bonds is 19. The number of halogens is 1. The van der Waals surface area contributed by atoms with E-state index in [0.717, 1.165) is 81.4 Å². The van der Waals surface area contributed by atoms with E-state index in [9.17, 15) is 9.59 Å². The monoisotopic (exact) mass is 1240 g/mol. The van der Waals surface area contributed by atoms with Gasteiger partial charge in [0.2, 0.25) is 0 Å². The van der Waals surface area contributed by atoms with Crippen molar-refractivity contribution in [3.05, 3.63) is 148 Å². The van der Waals surface area contributed by atoms with Gasteiger partial charge in [-0.3, -0.25) is 25.3 Å². The summed E-state index contributed by atoms with van der Waals surface area (Å²) in [5.74, 6) is 2.06. The largest absolute Gasteiger partial charge is 0.495 e. The number of fused-ring (bicyclic) bond motifs is 6. The highest BCUT2D eigenvalue weighted by molar-refractivity contribution is 9.10. The molecular weight excluding hydrogens is 1140 g/mol. The SMILES string of the molecule is Brc1cccc(CCN2C3CCC2CC(c2ccccc2)C3)c1.CO.COc1ccc(C)cc1NC(=O)OC1CC2CCCC(C1)N2CCCCCCN.COc1ccc(C)cc1NC(=O)OC1CC2CCCC(C1)N2Cc1ccc(N(C)C)cc1. The summed E-state index contributed by atoms with van der Waals surface area (Å²) in [6.45, 7) is 8.11. The van der Waals surface area contributed by atoms with Gasteiger partial charge in [-0.05, 0) is 180 Å². The maximum atomic E-state index is 12.6. The summed E-state index contributed by atoms with van der Waals surface area (Å²) in [6, 6.07) is 43.8. The number of nitrogens with one attached hydrogen (secondary N) is 2. The van der Waals surface area contributed by atoms with Crippen LogP contribution in [0.2, 0.25) is 0 Å². The molecule has 2 amide bonds. The standard InChI is InChI=1S/C26H35N3O3.C23H37N3O3.C21H24BrN.CH4O/c1-18-8-13-25(31-4)24(14-18)27-26(30)32-23-15-21-6-5-7-22(16-23)29(21)17-19-9-11-20(12-10-19)28(2)3;1-17-10-11-22(28-2)21(14-17)25-23(27)29-20-15-18-8-7-9-19(16-20)26(18)13-6-4-3-5-12-24;22-19-8-4-5-16(13-19)11-12-23-20-9-10-21(23)15-18(14-20)17-6-2-1-3-7-17;1-2/h8-14,21-23H,5-7,15-17H2,1-4H3,(H,27,30);10-11,14,18-20H,3-9,12-13,15-16,24H2,1-2H3,(H,25,27);1-8,13,18,20-21H,9-12,14-15H2;2H,1H3. The number of nitrogens with two attached hydrogens (primary N) is 1. The Balaban J connectivity index is 0.000000167. The summed E-state index contributed by atoms with van der Waals surface area (Å²) in [4.78, 5) is 35.4. The fourth-order valence-electron chi connectivity index (χ4n) is 14.6. The molecule has 11 rings (SSSR count). The van der Waals surface area contributed by atoms with Crippen LogP contribution < -0.4 is 30.7 Å². The van der Waals surface area contributed by atoms with Crippen LogP contribution in [0.5, 0.6) is 11.5 Å². The molecule has 6 atom stereocenters. The Labute approximate surface area is 523 Å². The number of anilines is 3. The summed E-state index contributed by atoms with van der Waals surface area (Å²) >= 11 is 3.58. The van der Waals surface area contributed by atoms with Crippen LogP contribution in [-0.4, -0.2) is 136 Å². The normalized spacial score (nSPS) is 24.0. The first-order valence-electron chi connectivity index (χ1n) is 32.0. The zero-order valence-corrected chi connectivity index (χ0v) is 54.2. The van der Waals surface area contributed by atoms with E-state index in [2.05, 4.69) is 139 Å². The van der Waals surface area contributed by atoms with E-state index in [1.165, 1.54) is 124 Å². The van der Waals surface area contributed by atoms with Crippen molar-refractivity contribution in [1.82, 2.24) is 14.7 Å². The lowest BCUT2D eigenvalue weighted by atomic mass is 9.82. The molecule has 6 saturated heterocycles. The minimum absolute atomic E-state index is 0.00501. The van der Waals surface area contributed by atoms with Gasteiger partial charge in [0.05, 0.1) is 25.6 Å². The molecule has 0 saturated carbocycles. The molecule has 0 aliphatic carbocycles. The van der Waals surface area contributed by atoms with Gasteiger partial charge in [-0.25, -0.2) is 9.59 Å². The van der Waals surface area contributed by atoms with E-state index in [0.29, 0.717) is 47.0 Å². The molecule has 6 bridgehead atoms. The molecule has 5 aromatic rings. The van der Waals surface area contributed by atoms with Gasteiger partial charge in [-0.2, -0.15) is 0 Å². The van der Waals surface area contributed by atoms with Crippen molar-refractivity contribution >= 4 is 45.2 Å². The van der Waals surface area contributed by atoms with Crippen molar-refractivity contribution in [2.75, 3.05) is 70.6 Å². The van der Waals surface area contributed by atoms with Crippen molar-refractivity contribution in [3.63, 3.8) is 0 Å². The lowest BCUT2D eigenvalue weighted by molar-refractivity contribution is -0.0348. The van der Waals surface area contributed by atoms with E-state index in [-0.39, 0.29) is 18.3 Å². The van der Waals surface area contributed by atoms with E-state index >= 15 is 0 Å². The molecule has 86 heavy (non-hydrogen) atoms. The highest BCUT2D eigenvalue weighted by Crippen LogP contribution is 2.44. The average molecular weight is 1240 g/mol. The minimum Gasteiger partial charge on any atom is -0.495 e. The number of ether oxygens (including phenoxy) is 4. The summed E-state index contributed by atoms with van der Waals surface area (Å²) < 4.78 is 23.6. The predicted molar refractivity (Wildman–Crippen MR) is 353 cm³/mol. The quantitative estimate of drug-likeness (QED) is 0.0582. The smallest absolute Gasteiger partial charge is 0.412 e. The molecule has 468 valence electrons. The number of carbonyl (C=O) groups excluding carboxylic acids is 2. The van der Waals surface area contributed by atoms with Gasteiger partial charge >= 0.3 is 12.2 Å². The highest BCUT2D eigenvalue weighted by atomic mass is 79.9. The van der Waals surface area contributed by atoms with Crippen LogP contribution in [0.15, 0.2) is 120 Å². The van der Waals surface area contributed by atoms with Crippen molar-refractivity contribution < 1.29 is 33.6 Å². The van der Waals surface area contributed by atoms with Crippen LogP contribution in [0, 0.1) is 13.8 Å². The first kappa shape index (κ1) is 66.3. The Morgan fingerprint density at radius 1 is 0.570 bits per heavy atom. The van der Waals surface area contributed by atoms with E-state index in [1.807, 2.05) is 50.2 Å². The lowest BCUT2D eigenvalue weighted by Gasteiger charge is -2.48. The second-order valence-electron chi connectivity index (χ2n) is 24.9. The topological polar surface area (TPSA) is 154 Å². The predicted octanol–water partition coefficient (Wildman–Crippen LogP) is 14.7. The molecule has 6 aliphatic heterocycles. The highest BCUT2D eigenvalue weighted by Gasteiger charge is 2.42. The maximum absolute atomic E-state index is 12.6. The van der Waals surface area contributed by atoms with Crippen LogP contribution in [0.4, 0.5) is 26.7 Å². The summed E-state index contributed by atoms with van der Waals surface area (Å²) in [7, 11) is 8.34. The van der Waals surface area contributed by atoms with Gasteiger partial charge < -0.3 is 34.7 Å². The Bertz CT molecular complexity index is 2820. The van der Waals surface area contributed by atoms with Gasteiger partial charge in [0.25, 0.3) is 0 Å². The first-order valence-corrected chi connectivity index (χ1v) is 32.8. The average Bonchev–Trinajstić information content (AvgIpc) is 2.31. The number of hydrogen-bond acceptors (Lipinski definition) is 12. The number of aliphatic hydroxyl groups is 1. The Hall–Kier alpha value is -5.68. The Kier molecular flexibility index (Phi) is 25.9. The fourth-order valence-corrected chi connectivity index (χ4v) is 15.0. The molecule has 0 spiro atoms. The number of carbonyl (C=O) groups is 2. The minimum atomic E-state index is -0.398. The molecule has 0 aromatic heterocycles. The number of hydrogen-bond donors (Lipinski definition) is 4. The van der Waals surface area contributed by atoms with Crippen LogP contribution in [0.1, 0.15) is 149 Å². The third-order valence-corrected chi connectivity index (χ3v) is 19.3. The molecule has 6 aliphatic rings. The molecule has 0 radical (unpaired) electrons. The zero-order chi connectivity index (χ0) is 61.0. The molecular formula is C71H100BrN7O7. The van der Waals surface area contributed by atoms with Crippen LogP contribution in [-0.2, 0) is 22.4 Å². The van der Waals surface area contributed by atoms with Crippen molar-refractivity contribution in [3.8, 4) is 11.5 Å². The molecule has 5 N–H and O–H groups in total. The molecule has 14 nitrogen and oxygen atoms in total. The fraction of sp³-hybridized carbons (Fsp3) is 0.549. The van der Waals surface area contributed by atoms with Gasteiger partial charge in [-0.15, -0.1) is 0 Å². The number of benzene rings is 5. The number of piperidine rings is 5. The number of nitrogens with zero attached hydrogens (tertiary/aromatic N) is 4. The van der Waals surface area contributed by atoms with Crippen LogP contribution in [0.3, 0.4) is 0 Å². The van der Waals surface area contributed by atoms with Crippen molar-refractivity contribution in [2.24, 2.45) is 5.73 Å². The van der Waals surface area contributed by atoms with Crippen molar-refractivity contribution in [2.45, 2.75) is 197 Å². The summed E-state index contributed by atoms with van der Waals surface area (Å²) in [6.07, 6.45) is 21.7. The maximum Gasteiger partial charge on any atom is 0.412 e. The number of unbranched alkanes of at least 4 members (excludes halogenated alkanes) is 3. The Morgan fingerprint density at radius 2 is 1.07 bits per heavy atom. The number of amides is 2. The molecule has 6 unspecified atom stereocenters. The van der Waals surface area contributed by atoms with Gasteiger partial charge in [0.1, 0.15) is 23.7 Å². The second kappa shape index (κ2) is 33.6. The Morgan fingerprint density at radius 3 is 1.57 bits per heavy atom. The molecule has 15 heteroatoms. The molecule has 5 aromatic carbocycles. The summed E-state index contributed by atoms with van der Waals surface area (Å²) in [5.41, 5.74) is 14.6. The van der Waals surface area contributed by atoms with Crippen molar-refractivity contribution in [1.29, 1.82) is 0 Å². The third-order valence-electron chi connectivity index (χ3n) is 18.8. The number of methoxy groups -OCH3 is 2. The van der Waals surface area contributed by atoms with E-state index < -0.39 is 6.09 Å². The van der Waals surface area contributed by atoms with E-state index in [1.54, 1.807) is 19.8 Å². The van der Waals surface area contributed by atoms with Gasteiger partial charge in [0, 0.05) is 106 Å². The van der Waals surface area contributed by atoms with Crippen LogP contribution >= 0.6 is 15.9 Å². The van der Waals surface area contributed by atoms with Crippen LogP contribution in [0.25, 0.3) is 0 Å². The molecule has 6 heterocycles. The van der Waals surface area contributed by atoms with E-state index in [4.69, 9.17) is 29.8 Å². The third kappa shape index (κ3) is 18.9. The second-order valence-corrected chi connectivity index (χ2v) is 25.8. The first-order chi connectivity index (χ1) is 41.8. The number of aryl methyl sites for hydroxylation is 2. The van der Waals surface area contributed by atoms with Gasteiger partial charge in [0.15, 0.2) is 0 Å². The molecule has 6 fully saturated rings. The lowest BCUT2D eigenvalue weighted by Crippen LogP contribution is -2.54. The summed E-state index contributed by atoms with van der Waals surface area (Å²) in [5, 5.41) is 12.7. The van der Waals surface area contributed by atoms with Gasteiger partial charge in [-0.1, -0.05) is 108 Å². The zero-order valence-electron chi connectivity index (χ0n) is 52.6. The number of aliphatic hydroxyl groups excluding tert-OH is 1.